The fourth-order valence-electron chi connectivity index (χ4n) is 3.25. The summed E-state index contributed by atoms with van der Waals surface area (Å²) in [5, 5.41) is 11.3. The summed E-state index contributed by atoms with van der Waals surface area (Å²) in [6.07, 6.45) is 3.47. The van der Waals surface area contributed by atoms with Gasteiger partial charge in [0.2, 0.25) is 0 Å². The van der Waals surface area contributed by atoms with Crippen LogP contribution in [0.25, 0.3) is 0 Å². The van der Waals surface area contributed by atoms with Crippen LogP contribution in [0.3, 0.4) is 0 Å². The fourth-order valence-corrected chi connectivity index (χ4v) is 3.25. The summed E-state index contributed by atoms with van der Waals surface area (Å²) in [5.74, 6) is 0.196. The summed E-state index contributed by atoms with van der Waals surface area (Å²) in [7, 11) is 0. The first-order chi connectivity index (χ1) is 14.2. The molecule has 1 aliphatic heterocycles. The van der Waals surface area contributed by atoms with Crippen LogP contribution in [0.5, 0.6) is 0 Å². The molecule has 0 bridgehead atoms. The highest BCUT2D eigenvalue weighted by molar-refractivity contribution is 5.92. The highest BCUT2D eigenvalue weighted by atomic mass is 19.1. The van der Waals surface area contributed by atoms with Crippen molar-refractivity contribution in [1.29, 1.82) is 0 Å². The molecule has 1 aliphatic rings. The van der Waals surface area contributed by atoms with Crippen molar-refractivity contribution in [3.63, 3.8) is 0 Å². The average molecular weight is 392 g/mol. The molecular formula is C21H21FN6O. The molecule has 0 radical (unpaired) electrons. The Balaban J connectivity index is 1.32. The number of nitrogens with one attached hydrogen (secondary N) is 1. The van der Waals surface area contributed by atoms with Crippen molar-refractivity contribution in [2.75, 3.05) is 36.4 Å². The molecule has 1 N–H and O–H groups in total. The van der Waals surface area contributed by atoms with Crippen LogP contribution in [-0.4, -0.2) is 52.2 Å². The standard InChI is InChI=1S/C21H21FN6O/c22-17-3-1-2-4-19(17)27-11-13-28(14-12-27)21(29)18-5-6-20(26-25-18)24-15-16-7-9-23-10-8-16/h1-10H,11-15H2,(H,24,26). The Labute approximate surface area is 168 Å². The maximum Gasteiger partial charge on any atom is 0.274 e. The number of pyridine rings is 1. The number of piperazine rings is 1. The van der Waals surface area contributed by atoms with Gasteiger partial charge in [0.25, 0.3) is 5.91 Å². The van der Waals surface area contributed by atoms with E-state index in [2.05, 4.69) is 20.5 Å². The molecule has 0 aliphatic carbocycles. The number of amides is 1. The molecule has 148 valence electrons. The van der Waals surface area contributed by atoms with Gasteiger partial charge in [0.1, 0.15) is 11.6 Å². The number of para-hydroxylation sites is 1. The maximum absolute atomic E-state index is 14.0. The predicted octanol–water partition coefficient (Wildman–Crippen LogP) is 2.59. The highest BCUT2D eigenvalue weighted by Gasteiger charge is 2.24. The van der Waals surface area contributed by atoms with E-state index in [1.54, 1.807) is 41.6 Å². The third kappa shape index (κ3) is 4.48. The van der Waals surface area contributed by atoms with Gasteiger partial charge in [-0.25, -0.2) is 4.39 Å². The van der Waals surface area contributed by atoms with Gasteiger partial charge in [-0.2, -0.15) is 0 Å². The molecule has 4 rings (SSSR count). The Morgan fingerprint density at radius 3 is 2.41 bits per heavy atom. The zero-order chi connectivity index (χ0) is 20.1. The number of nitrogens with zero attached hydrogens (tertiary/aromatic N) is 5. The molecule has 7 nitrogen and oxygen atoms in total. The first kappa shape index (κ1) is 18.8. The van der Waals surface area contributed by atoms with Crippen LogP contribution >= 0.6 is 0 Å². The minimum atomic E-state index is -0.243. The quantitative estimate of drug-likeness (QED) is 0.720. The molecule has 0 saturated carbocycles. The van der Waals surface area contributed by atoms with Gasteiger partial charge in [-0.15, -0.1) is 10.2 Å². The lowest BCUT2D eigenvalue weighted by molar-refractivity contribution is 0.0739. The molecule has 3 heterocycles. The van der Waals surface area contributed by atoms with E-state index >= 15 is 0 Å². The van der Waals surface area contributed by atoms with Gasteiger partial charge in [0, 0.05) is 45.1 Å². The van der Waals surface area contributed by atoms with Gasteiger partial charge < -0.3 is 15.1 Å². The van der Waals surface area contributed by atoms with Crippen LogP contribution in [0.1, 0.15) is 16.1 Å². The van der Waals surface area contributed by atoms with Gasteiger partial charge in [-0.3, -0.25) is 9.78 Å². The zero-order valence-electron chi connectivity index (χ0n) is 15.8. The smallest absolute Gasteiger partial charge is 0.274 e. The van der Waals surface area contributed by atoms with E-state index in [4.69, 9.17) is 0 Å². The van der Waals surface area contributed by atoms with Crippen LogP contribution in [0, 0.1) is 5.82 Å². The number of halogens is 1. The lowest BCUT2D eigenvalue weighted by Gasteiger charge is -2.36. The number of anilines is 2. The molecule has 3 aromatic rings. The summed E-state index contributed by atoms with van der Waals surface area (Å²) < 4.78 is 14.0. The second-order valence-corrected chi connectivity index (χ2v) is 6.74. The number of hydrogen-bond acceptors (Lipinski definition) is 6. The van der Waals surface area contributed by atoms with Crippen LogP contribution in [0.2, 0.25) is 0 Å². The van der Waals surface area contributed by atoms with Crippen LogP contribution < -0.4 is 10.2 Å². The summed E-state index contributed by atoms with van der Waals surface area (Å²) in [6, 6.07) is 14.0. The van der Waals surface area contributed by atoms with Crippen LogP contribution in [-0.2, 0) is 6.54 Å². The van der Waals surface area contributed by atoms with E-state index in [0.717, 1.165) is 5.56 Å². The SMILES string of the molecule is O=C(c1ccc(NCc2ccncc2)nn1)N1CCN(c2ccccc2F)CC1. The van der Waals surface area contributed by atoms with Crippen LogP contribution in [0.4, 0.5) is 15.9 Å². The van der Waals surface area contributed by atoms with Crippen molar-refractivity contribution in [2.24, 2.45) is 0 Å². The largest absolute Gasteiger partial charge is 0.366 e. The first-order valence-electron chi connectivity index (χ1n) is 9.46. The fraction of sp³-hybridized carbons (Fsp3) is 0.238. The monoisotopic (exact) mass is 392 g/mol. The lowest BCUT2D eigenvalue weighted by Crippen LogP contribution is -2.49. The van der Waals surface area contributed by atoms with Gasteiger partial charge >= 0.3 is 0 Å². The van der Waals surface area contributed by atoms with E-state index in [1.807, 2.05) is 23.1 Å². The van der Waals surface area contributed by atoms with E-state index in [-0.39, 0.29) is 11.7 Å². The topological polar surface area (TPSA) is 74.2 Å². The number of benzene rings is 1. The van der Waals surface area contributed by atoms with Gasteiger partial charge in [-0.1, -0.05) is 12.1 Å². The Hall–Kier alpha value is -3.55. The van der Waals surface area contributed by atoms with E-state index in [1.165, 1.54) is 6.07 Å². The first-order valence-corrected chi connectivity index (χ1v) is 9.46. The predicted molar refractivity (Wildman–Crippen MR) is 108 cm³/mol. The second-order valence-electron chi connectivity index (χ2n) is 6.74. The summed E-state index contributed by atoms with van der Waals surface area (Å²) >= 11 is 0. The minimum absolute atomic E-state index is 0.161. The normalized spacial score (nSPS) is 14.0. The molecule has 0 unspecified atom stereocenters. The number of rotatable bonds is 5. The molecule has 1 fully saturated rings. The Morgan fingerprint density at radius 2 is 1.72 bits per heavy atom. The van der Waals surface area contributed by atoms with Gasteiger partial charge in [0.05, 0.1) is 5.69 Å². The van der Waals surface area contributed by atoms with E-state index in [9.17, 15) is 9.18 Å². The van der Waals surface area contributed by atoms with E-state index in [0.29, 0.717) is 49.9 Å². The maximum atomic E-state index is 14.0. The minimum Gasteiger partial charge on any atom is -0.366 e. The Kier molecular flexibility index (Phi) is 5.60. The molecule has 1 saturated heterocycles. The lowest BCUT2D eigenvalue weighted by atomic mass is 10.2. The van der Waals surface area contributed by atoms with Crippen LogP contribution in [0.15, 0.2) is 60.9 Å². The summed E-state index contributed by atoms with van der Waals surface area (Å²) in [5.41, 5.74) is 1.96. The molecule has 0 atom stereocenters. The van der Waals surface area contributed by atoms with E-state index < -0.39 is 0 Å². The summed E-state index contributed by atoms with van der Waals surface area (Å²) in [6.45, 7) is 2.77. The van der Waals surface area contributed by atoms with Crippen molar-refractivity contribution in [2.45, 2.75) is 6.54 Å². The molecular weight excluding hydrogens is 371 g/mol. The van der Waals surface area contributed by atoms with Crippen molar-refractivity contribution in [1.82, 2.24) is 20.1 Å². The molecule has 8 heteroatoms. The number of carbonyl (C=O) groups excluding carboxylic acids is 1. The van der Waals surface area contributed by atoms with Gasteiger partial charge in [0.15, 0.2) is 5.69 Å². The third-order valence-corrected chi connectivity index (χ3v) is 4.87. The van der Waals surface area contributed by atoms with Gasteiger partial charge in [-0.05, 0) is 42.0 Å². The van der Waals surface area contributed by atoms with Crippen molar-refractivity contribution < 1.29 is 9.18 Å². The Bertz CT molecular complexity index is 958. The number of aromatic nitrogens is 3. The molecule has 29 heavy (non-hydrogen) atoms. The third-order valence-electron chi connectivity index (χ3n) is 4.87. The average Bonchev–Trinajstić information content (AvgIpc) is 2.79. The highest BCUT2D eigenvalue weighted by Crippen LogP contribution is 2.20. The van der Waals surface area contributed by atoms with Crippen molar-refractivity contribution in [3.05, 3.63) is 78.0 Å². The molecule has 1 aromatic carbocycles. The number of hydrogen-bond donors (Lipinski definition) is 1. The zero-order valence-corrected chi connectivity index (χ0v) is 15.8. The molecule has 2 aromatic heterocycles. The van der Waals surface area contributed by atoms with Crippen molar-refractivity contribution in [3.8, 4) is 0 Å². The summed E-state index contributed by atoms with van der Waals surface area (Å²) in [4.78, 5) is 20.4. The van der Waals surface area contributed by atoms with Crippen molar-refractivity contribution >= 4 is 17.4 Å². The second kappa shape index (κ2) is 8.64. The molecule has 0 spiro atoms. The Morgan fingerprint density at radius 1 is 0.966 bits per heavy atom. The number of carbonyl (C=O) groups is 1. The molecule has 1 amide bonds.